The molecule has 0 N–H and O–H groups in total. The van der Waals surface area contributed by atoms with Gasteiger partial charge < -0.3 is 9.80 Å². The zero-order valence-corrected chi connectivity index (χ0v) is 28.3. The Balaban J connectivity index is 1.86. The van der Waals surface area contributed by atoms with Crippen LogP contribution in [0.25, 0.3) is 34.1 Å². The van der Waals surface area contributed by atoms with Gasteiger partial charge in [0.25, 0.3) is 0 Å². The molecule has 5 rings (SSSR count). The van der Waals surface area contributed by atoms with Crippen LogP contribution in [0, 0.1) is 5.82 Å². The minimum atomic E-state index is -0.603. The van der Waals surface area contributed by atoms with Gasteiger partial charge in [0.2, 0.25) is 5.91 Å². The van der Waals surface area contributed by atoms with Crippen LogP contribution in [0.3, 0.4) is 0 Å². The summed E-state index contributed by atoms with van der Waals surface area (Å²) in [4.78, 5) is 45.1. The van der Waals surface area contributed by atoms with Crippen LogP contribution in [0.1, 0.15) is 57.4 Å². The number of pyridine rings is 2. The topological polar surface area (TPSA) is 84.2 Å². The highest BCUT2D eigenvalue weighted by Crippen LogP contribution is 2.38. The molecule has 3 aromatic heterocycles. The Bertz CT molecular complexity index is 2020. The van der Waals surface area contributed by atoms with Crippen molar-refractivity contribution in [1.29, 1.82) is 0 Å². The van der Waals surface area contributed by atoms with Crippen LogP contribution in [0.2, 0.25) is 5.02 Å². The maximum absolute atomic E-state index is 15.7. The normalized spacial score (nSPS) is 16.9. The highest BCUT2D eigenvalue weighted by Gasteiger charge is 2.35. The Morgan fingerprint density at radius 1 is 1.12 bits per heavy atom. The van der Waals surface area contributed by atoms with Gasteiger partial charge in [-0.25, -0.2) is 18.7 Å². The maximum Gasteiger partial charge on any atom is 0.355 e. The zero-order valence-electron chi connectivity index (χ0n) is 27.5. The van der Waals surface area contributed by atoms with E-state index in [4.69, 9.17) is 48.0 Å². The third-order valence-electron chi connectivity index (χ3n) is 8.47. The van der Waals surface area contributed by atoms with Crippen LogP contribution in [-0.4, -0.2) is 86.9 Å². The van der Waals surface area contributed by atoms with Crippen LogP contribution in [-0.2, 0) is 11.2 Å². The second-order valence-electron chi connectivity index (χ2n) is 12.2. The lowest BCUT2D eigenvalue weighted by atomic mass is 9.77. The van der Waals surface area contributed by atoms with E-state index in [9.17, 15) is 9.59 Å². The van der Waals surface area contributed by atoms with Crippen LogP contribution in [0.4, 0.5) is 10.2 Å². The van der Waals surface area contributed by atoms with E-state index in [2.05, 4.69) is 9.97 Å². The summed E-state index contributed by atoms with van der Waals surface area (Å²) >= 11 is 6.95. The van der Waals surface area contributed by atoms with Gasteiger partial charge in [-0.3, -0.25) is 9.78 Å². The fourth-order valence-electron chi connectivity index (χ4n) is 6.41. The van der Waals surface area contributed by atoms with Crippen LogP contribution in [0.5, 0.6) is 0 Å². The first-order valence-electron chi connectivity index (χ1n) is 15.7. The molecule has 1 aliphatic heterocycles. The van der Waals surface area contributed by atoms with E-state index < -0.39 is 11.5 Å². The summed E-state index contributed by atoms with van der Waals surface area (Å²) in [7, 11) is 22.9. The summed E-state index contributed by atoms with van der Waals surface area (Å²) in [5.74, 6) is 0.369. The van der Waals surface area contributed by atoms with Crippen molar-refractivity contribution in [1.82, 2.24) is 24.4 Å². The van der Waals surface area contributed by atoms with Crippen molar-refractivity contribution in [3.05, 3.63) is 91.5 Å². The molecule has 0 saturated carbocycles. The summed E-state index contributed by atoms with van der Waals surface area (Å²) in [6.45, 7) is 10.4. The number of piperazine rings is 1. The summed E-state index contributed by atoms with van der Waals surface area (Å²) in [5.41, 5.74) is 2.17. The number of rotatable bonds is 7. The van der Waals surface area contributed by atoms with Gasteiger partial charge in [0.1, 0.15) is 27.3 Å². The molecule has 8 radical (unpaired) electrons. The minimum Gasteiger partial charge on any atom is -0.347 e. The summed E-state index contributed by atoms with van der Waals surface area (Å²) in [5, 5.41) is 0.540. The number of aromatic nitrogens is 4. The third-order valence-corrected chi connectivity index (χ3v) is 8.76. The van der Waals surface area contributed by atoms with Crippen molar-refractivity contribution < 1.29 is 9.18 Å². The minimum absolute atomic E-state index is 0.0315. The Morgan fingerprint density at radius 3 is 2.42 bits per heavy atom. The number of carbonyl (C=O) groups excluding carboxylic acids is 1. The number of amides is 1. The highest BCUT2D eigenvalue weighted by atomic mass is 35.5. The SMILES string of the molecule is [B]/C=C(\[B])C(=O)N1C[C@H](C)N(c2nc(=O)n(-c3c(CC)ccnc3C(C)C)c3nc(-c4c(F)cccc4C=C([B])[B])c(Cl)cc23)[C@@H](C)C1. The Labute approximate surface area is 290 Å². The Morgan fingerprint density at radius 2 is 1.81 bits per heavy atom. The van der Waals surface area contributed by atoms with E-state index in [1.807, 2.05) is 45.6 Å². The number of carbonyl (C=O) groups is 1. The molecule has 1 amide bonds. The third kappa shape index (κ3) is 6.49. The molecule has 0 aliphatic carbocycles. The summed E-state index contributed by atoms with van der Waals surface area (Å²) in [6.07, 6.45) is 3.74. The van der Waals surface area contributed by atoms with Gasteiger partial charge in [0, 0.05) is 36.9 Å². The van der Waals surface area contributed by atoms with E-state index in [1.54, 1.807) is 23.2 Å². The van der Waals surface area contributed by atoms with Gasteiger partial charge in [0.05, 0.1) is 43.2 Å². The van der Waals surface area contributed by atoms with Gasteiger partial charge in [-0.1, -0.05) is 50.6 Å². The van der Waals surface area contributed by atoms with Gasteiger partial charge in [-0.15, -0.1) is 5.98 Å². The van der Waals surface area contributed by atoms with E-state index in [0.717, 1.165) is 11.5 Å². The van der Waals surface area contributed by atoms with Gasteiger partial charge in [-0.05, 0) is 61.0 Å². The van der Waals surface area contributed by atoms with Crippen molar-refractivity contribution >= 4 is 71.8 Å². The first-order valence-corrected chi connectivity index (χ1v) is 16.0. The quantitative estimate of drug-likeness (QED) is 0.215. The molecule has 4 aromatic rings. The molecule has 8 nitrogen and oxygen atoms in total. The average Bonchev–Trinajstić information content (AvgIpc) is 3.03. The molecular formula is C34H32B4ClFN6O2. The maximum atomic E-state index is 15.7. The molecule has 1 fully saturated rings. The number of nitrogens with zero attached hydrogens (tertiary/aromatic N) is 6. The van der Waals surface area contributed by atoms with Crippen molar-refractivity contribution in [3.63, 3.8) is 0 Å². The van der Waals surface area contributed by atoms with E-state index >= 15 is 4.39 Å². The van der Waals surface area contributed by atoms with Crippen LogP contribution in [0.15, 0.2) is 58.1 Å². The van der Waals surface area contributed by atoms with Gasteiger partial charge >= 0.3 is 5.69 Å². The van der Waals surface area contributed by atoms with Crippen molar-refractivity contribution in [2.75, 3.05) is 18.0 Å². The van der Waals surface area contributed by atoms with Crippen molar-refractivity contribution in [2.45, 2.75) is 59.0 Å². The predicted octanol–water partition coefficient (Wildman–Crippen LogP) is 4.56. The number of aryl methyl sites for hydroxylation is 1. The molecule has 236 valence electrons. The average molecular weight is 654 g/mol. The second kappa shape index (κ2) is 14.2. The first kappa shape index (κ1) is 35.2. The van der Waals surface area contributed by atoms with Crippen LogP contribution < -0.4 is 10.6 Å². The molecule has 0 unspecified atom stereocenters. The van der Waals surface area contributed by atoms with Crippen molar-refractivity contribution in [2.24, 2.45) is 0 Å². The molecule has 4 heterocycles. The molecule has 1 saturated heterocycles. The fourth-order valence-corrected chi connectivity index (χ4v) is 6.65. The largest absolute Gasteiger partial charge is 0.355 e. The Kier molecular flexibility index (Phi) is 10.4. The molecule has 2 atom stereocenters. The monoisotopic (exact) mass is 654 g/mol. The van der Waals surface area contributed by atoms with E-state index in [-0.39, 0.29) is 69.8 Å². The molecule has 1 aromatic carbocycles. The Hall–Kier alpha value is -4.11. The number of hydrogen-bond donors (Lipinski definition) is 0. The number of halogens is 2. The number of anilines is 1. The lowest BCUT2D eigenvalue weighted by molar-refractivity contribution is -0.127. The van der Waals surface area contributed by atoms with Crippen molar-refractivity contribution in [3.8, 4) is 16.9 Å². The smallest absolute Gasteiger partial charge is 0.347 e. The number of hydrogen-bond acceptors (Lipinski definition) is 6. The van der Waals surface area contributed by atoms with Crippen LogP contribution >= 0.6 is 11.6 Å². The molecule has 14 heteroatoms. The van der Waals surface area contributed by atoms with Gasteiger partial charge in [0.15, 0.2) is 5.65 Å². The zero-order chi connectivity index (χ0) is 35.0. The molecular weight excluding hydrogens is 622 g/mol. The second-order valence-corrected chi connectivity index (χ2v) is 12.6. The first-order chi connectivity index (χ1) is 22.8. The van der Waals surface area contributed by atoms with E-state index in [0.29, 0.717) is 34.6 Å². The summed E-state index contributed by atoms with van der Waals surface area (Å²) < 4.78 is 17.1. The molecule has 0 bridgehead atoms. The fraction of sp³-hybridized carbons (Fsp3) is 0.324. The molecule has 0 spiro atoms. The number of fused-ring (bicyclic) bond motifs is 1. The standard InChI is InChI=1S/C34H32B4ClFN6O2/c1-6-20-10-11-41-28(17(2)3)30(20)46-31-22(13-24(39)29(42-31)27-21(12-26(37)38)8-7-9-25(27)40)32(43-34(46)48)45-18(4)15-44(16-19(45)5)33(47)23(36)14-35/h7-14,17-19H,6,15-16H2,1-5H3/b23-14-/t18-,19-/m0/s1. The molecule has 1 aliphatic rings. The van der Waals surface area contributed by atoms with Gasteiger partial charge in [-0.2, -0.15) is 10.4 Å². The summed E-state index contributed by atoms with van der Waals surface area (Å²) in [6, 6.07) is 7.36. The lowest BCUT2D eigenvalue weighted by Crippen LogP contribution is -2.59. The van der Waals surface area contributed by atoms with E-state index in [1.165, 1.54) is 22.8 Å². The molecule has 48 heavy (non-hydrogen) atoms. The lowest BCUT2D eigenvalue weighted by Gasteiger charge is -2.45. The predicted molar refractivity (Wildman–Crippen MR) is 194 cm³/mol. The highest BCUT2D eigenvalue weighted by molar-refractivity contribution is 6.50. The number of benzene rings is 1.